The molecule has 0 aliphatic carbocycles. The normalized spacial score (nSPS) is 11.2. The molecule has 0 saturated carbocycles. The Morgan fingerprint density at radius 2 is 2.00 bits per heavy atom. The lowest BCUT2D eigenvalue weighted by atomic mass is 10.1. The molecule has 2 aromatic rings. The zero-order valence-electron chi connectivity index (χ0n) is 12.2. The molecule has 0 amide bonds. The Morgan fingerprint density at radius 1 is 1.26 bits per heavy atom. The maximum Gasteiger partial charge on any atom is 0.0975 e. The third-order valence-electron chi connectivity index (χ3n) is 3.26. The zero-order chi connectivity index (χ0) is 13.8. The van der Waals surface area contributed by atoms with Crippen molar-refractivity contribution in [2.45, 2.75) is 39.7 Å². The lowest BCUT2D eigenvalue weighted by molar-refractivity contribution is 0.768. The van der Waals surface area contributed by atoms with Crippen LogP contribution < -0.4 is 5.32 Å². The van der Waals surface area contributed by atoms with Crippen molar-refractivity contribution in [1.29, 1.82) is 0 Å². The monoisotopic (exact) mass is 274 g/mol. The first-order valence-electron chi connectivity index (χ1n) is 6.79. The van der Waals surface area contributed by atoms with Crippen molar-refractivity contribution in [1.82, 2.24) is 10.3 Å². The highest BCUT2D eigenvalue weighted by molar-refractivity contribution is 7.11. The lowest BCUT2D eigenvalue weighted by Crippen LogP contribution is -2.06. The second-order valence-corrected chi connectivity index (χ2v) is 6.37. The molecule has 0 fully saturated rings. The molecular weight excluding hydrogens is 252 g/mol. The quantitative estimate of drug-likeness (QED) is 0.895. The second kappa shape index (κ2) is 6.31. The van der Waals surface area contributed by atoms with E-state index >= 15 is 0 Å². The average Bonchev–Trinajstić information content (AvgIpc) is 2.76. The number of aromatic nitrogens is 1. The molecule has 1 heterocycles. The van der Waals surface area contributed by atoms with Gasteiger partial charge in [-0.1, -0.05) is 38.1 Å². The molecule has 19 heavy (non-hydrogen) atoms. The molecule has 0 saturated heterocycles. The Balaban J connectivity index is 2.26. The first-order valence-corrected chi connectivity index (χ1v) is 7.61. The van der Waals surface area contributed by atoms with E-state index in [0.717, 1.165) is 13.0 Å². The average molecular weight is 274 g/mol. The van der Waals surface area contributed by atoms with E-state index in [-0.39, 0.29) is 0 Å². The Labute approximate surface area is 119 Å². The fourth-order valence-electron chi connectivity index (χ4n) is 2.20. The summed E-state index contributed by atoms with van der Waals surface area (Å²) >= 11 is 1.84. The molecule has 102 valence electrons. The van der Waals surface area contributed by atoms with Gasteiger partial charge in [0.1, 0.15) is 0 Å². The van der Waals surface area contributed by atoms with E-state index in [9.17, 15) is 0 Å². The van der Waals surface area contributed by atoms with Crippen LogP contribution in [0.2, 0.25) is 0 Å². The third-order valence-corrected chi connectivity index (χ3v) is 4.33. The summed E-state index contributed by atoms with van der Waals surface area (Å²) in [5.41, 5.74) is 3.98. The summed E-state index contributed by atoms with van der Waals surface area (Å²) in [6.07, 6.45) is 0.945. The molecule has 1 aromatic carbocycles. The van der Waals surface area contributed by atoms with Crippen molar-refractivity contribution in [3.05, 3.63) is 51.0 Å². The van der Waals surface area contributed by atoms with Gasteiger partial charge in [0.05, 0.1) is 10.7 Å². The van der Waals surface area contributed by atoms with Gasteiger partial charge in [0.15, 0.2) is 0 Å². The molecular formula is C16H22N2S. The van der Waals surface area contributed by atoms with Gasteiger partial charge in [-0.15, -0.1) is 11.3 Å². The van der Waals surface area contributed by atoms with Gasteiger partial charge in [-0.2, -0.15) is 0 Å². The van der Waals surface area contributed by atoms with Gasteiger partial charge in [-0.05, 0) is 31.0 Å². The number of benzene rings is 1. The summed E-state index contributed by atoms with van der Waals surface area (Å²) in [4.78, 5) is 6.22. The largest absolute Gasteiger partial charge is 0.315 e. The van der Waals surface area contributed by atoms with Gasteiger partial charge in [-0.3, -0.25) is 0 Å². The predicted molar refractivity (Wildman–Crippen MR) is 83.0 cm³/mol. The SMILES string of the molecule is CNCc1sc(Cc2ccccc2C)nc1C(C)C. The molecule has 2 nitrogen and oxygen atoms in total. The lowest BCUT2D eigenvalue weighted by Gasteiger charge is -2.03. The Bertz CT molecular complexity index is 543. The van der Waals surface area contributed by atoms with E-state index in [1.807, 2.05) is 18.4 Å². The highest BCUT2D eigenvalue weighted by Crippen LogP contribution is 2.27. The Hall–Kier alpha value is -1.19. The van der Waals surface area contributed by atoms with Crippen molar-refractivity contribution >= 4 is 11.3 Å². The van der Waals surface area contributed by atoms with Crippen molar-refractivity contribution in [3.63, 3.8) is 0 Å². The van der Waals surface area contributed by atoms with Gasteiger partial charge >= 0.3 is 0 Å². The first-order chi connectivity index (χ1) is 9.11. The molecule has 0 spiro atoms. The van der Waals surface area contributed by atoms with Gasteiger partial charge in [-0.25, -0.2) is 4.98 Å². The maximum absolute atomic E-state index is 4.84. The minimum Gasteiger partial charge on any atom is -0.315 e. The standard InChI is InChI=1S/C16H22N2S/c1-11(2)16-14(10-17-4)19-15(18-16)9-13-8-6-5-7-12(13)3/h5-8,11,17H,9-10H2,1-4H3. The van der Waals surface area contributed by atoms with Crippen LogP contribution in [0.5, 0.6) is 0 Å². The topological polar surface area (TPSA) is 24.9 Å². The summed E-state index contributed by atoms with van der Waals surface area (Å²) in [5, 5.41) is 4.46. The first kappa shape index (κ1) is 14.2. The Kier molecular flexibility index (Phi) is 4.72. The summed E-state index contributed by atoms with van der Waals surface area (Å²) in [5.74, 6) is 0.491. The van der Waals surface area contributed by atoms with Crippen LogP contribution >= 0.6 is 11.3 Å². The third kappa shape index (κ3) is 3.43. The summed E-state index contributed by atoms with van der Waals surface area (Å²) < 4.78 is 0. The molecule has 0 bridgehead atoms. The van der Waals surface area contributed by atoms with Crippen molar-refractivity contribution in [2.24, 2.45) is 0 Å². The van der Waals surface area contributed by atoms with Crippen molar-refractivity contribution < 1.29 is 0 Å². The second-order valence-electron chi connectivity index (χ2n) is 5.20. The highest BCUT2D eigenvalue weighted by atomic mass is 32.1. The van der Waals surface area contributed by atoms with Crippen molar-refractivity contribution in [3.8, 4) is 0 Å². The fraction of sp³-hybridized carbons (Fsp3) is 0.438. The van der Waals surface area contributed by atoms with Crippen LogP contribution in [0, 0.1) is 6.92 Å². The molecule has 0 aliphatic rings. The predicted octanol–water partition coefficient (Wildman–Crippen LogP) is 3.89. The molecule has 0 atom stereocenters. The van der Waals surface area contributed by atoms with Crippen LogP contribution in [0.3, 0.4) is 0 Å². The number of nitrogens with one attached hydrogen (secondary N) is 1. The molecule has 0 unspecified atom stereocenters. The maximum atomic E-state index is 4.84. The van der Waals surface area contributed by atoms with E-state index in [0.29, 0.717) is 5.92 Å². The molecule has 2 rings (SSSR count). The van der Waals surface area contributed by atoms with Gasteiger partial charge in [0, 0.05) is 17.8 Å². The zero-order valence-corrected chi connectivity index (χ0v) is 13.0. The van der Waals surface area contributed by atoms with Crippen LogP contribution in [0.15, 0.2) is 24.3 Å². The number of thiazole rings is 1. The number of aryl methyl sites for hydroxylation is 1. The van der Waals surface area contributed by atoms with Crippen LogP contribution in [-0.4, -0.2) is 12.0 Å². The number of hydrogen-bond donors (Lipinski definition) is 1. The van der Waals surface area contributed by atoms with E-state index in [1.54, 1.807) is 0 Å². The van der Waals surface area contributed by atoms with Gasteiger partial charge < -0.3 is 5.32 Å². The summed E-state index contributed by atoms with van der Waals surface area (Å²) in [6.45, 7) is 7.51. The number of nitrogens with zero attached hydrogens (tertiary/aromatic N) is 1. The van der Waals surface area contributed by atoms with Crippen LogP contribution in [0.25, 0.3) is 0 Å². The van der Waals surface area contributed by atoms with Crippen LogP contribution in [0.1, 0.15) is 46.5 Å². The highest BCUT2D eigenvalue weighted by Gasteiger charge is 2.14. The molecule has 3 heteroatoms. The molecule has 0 aliphatic heterocycles. The molecule has 1 aromatic heterocycles. The van der Waals surface area contributed by atoms with E-state index in [4.69, 9.17) is 4.98 Å². The Morgan fingerprint density at radius 3 is 2.63 bits per heavy atom. The minimum absolute atomic E-state index is 0.491. The number of hydrogen-bond acceptors (Lipinski definition) is 3. The summed E-state index contributed by atoms with van der Waals surface area (Å²) in [6, 6.07) is 8.56. The van der Waals surface area contributed by atoms with E-state index in [2.05, 4.69) is 50.4 Å². The van der Waals surface area contributed by atoms with E-state index < -0.39 is 0 Å². The van der Waals surface area contributed by atoms with Crippen LogP contribution in [0.4, 0.5) is 0 Å². The molecule has 1 N–H and O–H groups in total. The fourth-order valence-corrected chi connectivity index (χ4v) is 3.46. The number of rotatable bonds is 5. The van der Waals surface area contributed by atoms with Gasteiger partial charge in [0.2, 0.25) is 0 Å². The van der Waals surface area contributed by atoms with Gasteiger partial charge in [0.25, 0.3) is 0 Å². The minimum atomic E-state index is 0.491. The van der Waals surface area contributed by atoms with Crippen LogP contribution in [-0.2, 0) is 13.0 Å². The van der Waals surface area contributed by atoms with E-state index in [1.165, 1.54) is 26.7 Å². The summed E-state index contributed by atoms with van der Waals surface area (Å²) in [7, 11) is 1.99. The smallest absolute Gasteiger partial charge is 0.0975 e. The molecule has 0 radical (unpaired) electrons. The van der Waals surface area contributed by atoms with Crippen molar-refractivity contribution in [2.75, 3.05) is 7.05 Å².